The zero-order chi connectivity index (χ0) is 20.7. The predicted molar refractivity (Wildman–Crippen MR) is 112 cm³/mol. The van der Waals surface area contributed by atoms with E-state index in [1.165, 1.54) is 35.4 Å². The Morgan fingerprint density at radius 3 is 1.79 bits per heavy atom. The molecule has 0 fully saturated rings. The molecule has 3 rings (SSSR count). The average Bonchev–Trinajstić information content (AvgIpc) is 2.66. The number of hydrogen-bond donors (Lipinski definition) is 2. The van der Waals surface area contributed by atoms with Crippen LogP contribution in [-0.2, 0) is 0 Å². The summed E-state index contributed by atoms with van der Waals surface area (Å²) in [5.41, 5.74) is 5.38. The molecule has 0 aliphatic heterocycles. The van der Waals surface area contributed by atoms with Gasteiger partial charge in [0, 0.05) is 12.1 Å². The van der Waals surface area contributed by atoms with Crippen molar-refractivity contribution in [2.24, 2.45) is 0 Å². The van der Waals surface area contributed by atoms with Gasteiger partial charge in [-0.05, 0) is 67.3 Å². The lowest BCUT2D eigenvalue weighted by molar-refractivity contribution is -0.384. The van der Waals surface area contributed by atoms with Crippen LogP contribution in [-0.4, -0.2) is 15.1 Å². The second kappa shape index (κ2) is 9.37. The Labute approximate surface area is 164 Å². The maximum absolute atomic E-state index is 10.0. The summed E-state index contributed by atoms with van der Waals surface area (Å²) in [5, 5.41) is 28.5. The topological polar surface area (TPSA) is 83.6 Å². The van der Waals surface area contributed by atoms with Gasteiger partial charge in [0.2, 0.25) is 0 Å². The molecule has 0 aliphatic rings. The quantitative estimate of drug-likeness (QED) is 0.344. The summed E-state index contributed by atoms with van der Waals surface area (Å²) in [6.45, 7) is 5.93. The zero-order valence-electron chi connectivity index (χ0n) is 16.1. The van der Waals surface area contributed by atoms with Gasteiger partial charge in [-0.2, -0.15) is 0 Å². The van der Waals surface area contributed by atoms with E-state index in [9.17, 15) is 15.2 Å². The van der Waals surface area contributed by atoms with Gasteiger partial charge in [-0.25, -0.2) is 0 Å². The van der Waals surface area contributed by atoms with Crippen molar-refractivity contribution in [3.8, 4) is 11.5 Å². The van der Waals surface area contributed by atoms with Gasteiger partial charge in [0.05, 0.1) is 4.92 Å². The van der Waals surface area contributed by atoms with Crippen molar-refractivity contribution in [2.75, 3.05) is 0 Å². The zero-order valence-corrected chi connectivity index (χ0v) is 16.1. The van der Waals surface area contributed by atoms with Crippen molar-refractivity contribution in [1.82, 2.24) is 0 Å². The Kier molecular flexibility index (Phi) is 6.93. The van der Waals surface area contributed by atoms with Crippen molar-refractivity contribution < 1.29 is 15.1 Å². The van der Waals surface area contributed by atoms with E-state index >= 15 is 0 Å². The molecule has 0 heterocycles. The molecule has 5 nitrogen and oxygen atoms in total. The molecule has 3 aromatic carbocycles. The van der Waals surface area contributed by atoms with Crippen LogP contribution in [0.4, 0.5) is 5.69 Å². The first-order chi connectivity index (χ1) is 13.3. The Morgan fingerprint density at radius 1 is 0.786 bits per heavy atom. The molecule has 0 spiro atoms. The third-order valence-corrected chi connectivity index (χ3v) is 4.12. The molecule has 0 aliphatic carbocycles. The lowest BCUT2D eigenvalue weighted by Gasteiger charge is -2.04. The smallest absolute Gasteiger partial charge is 0.269 e. The van der Waals surface area contributed by atoms with Crippen LogP contribution in [0.5, 0.6) is 11.5 Å². The van der Waals surface area contributed by atoms with Gasteiger partial charge < -0.3 is 10.2 Å². The van der Waals surface area contributed by atoms with Crippen LogP contribution in [0.25, 0.3) is 12.2 Å². The minimum Gasteiger partial charge on any atom is -0.508 e. The number of phenolic OH excluding ortho intramolecular Hbond substituents is 2. The molecule has 2 N–H and O–H groups in total. The molecule has 5 heteroatoms. The van der Waals surface area contributed by atoms with Gasteiger partial charge in [0.25, 0.3) is 5.69 Å². The number of aromatic hydroxyl groups is 2. The van der Waals surface area contributed by atoms with E-state index < -0.39 is 4.92 Å². The average molecular weight is 377 g/mol. The van der Waals surface area contributed by atoms with Crippen LogP contribution >= 0.6 is 0 Å². The summed E-state index contributed by atoms with van der Waals surface area (Å²) in [4.78, 5) is 9.52. The number of nitrogens with zero attached hydrogens (tertiary/aromatic N) is 1. The van der Waals surface area contributed by atoms with E-state index in [0.717, 1.165) is 16.7 Å². The highest BCUT2D eigenvalue weighted by Crippen LogP contribution is 2.24. The van der Waals surface area contributed by atoms with E-state index in [1.54, 1.807) is 0 Å². The largest absolute Gasteiger partial charge is 0.508 e. The van der Waals surface area contributed by atoms with Crippen molar-refractivity contribution in [2.45, 2.75) is 20.8 Å². The lowest BCUT2D eigenvalue weighted by Crippen LogP contribution is -1.85. The third kappa shape index (κ3) is 5.99. The van der Waals surface area contributed by atoms with Gasteiger partial charge in [-0.3, -0.25) is 10.1 Å². The summed E-state index contributed by atoms with van der Waals surface area (Å²) in [6.07, 6.45) is 4.16. The SMILES string of the molecule is Cc1ccc(/C=C/c2cc(C)c(O)c(C)c2)cc1.O=[N+]([O-])c1ccc(O)cc1. The second-order valence-corrected chi connectivity index (χ2v) is 6.52. The van der Waals surface area contributed by atoms with Gasteiger partial charge >= 0.3 is 0 Å². The van der Waals surface area contributed by atoms with E-state index in [2.05, 4.69) is 43.3 Å². The molecule has 0 radical (unpaired) electrons. The normalized spacial score (nSPS) is 10.4. The number of non-ortho nitro benzene ring substituents is 1. The molecule has 0 unspecified atom stereocenters. The Hall–Kier alpha value is -3.60. The number of benzene rings is 3. The van der Waals surface area contributed by atoms with Crippen molar-refractivity contribution >= 4 is 17.8 Å². The number of aryl methyl sites for hydroxylation is 3. The molecule has 28 heavy (non-hydrogen) atoms. The highest BCUT2D eigenvalue weighted by molar-refractivity contribution is 5.71. The minimum absolute atomic E-state index is 0.0159. The van der Waals surface area contributed by atoms with Gasteiger partial charge in [0.15, 0.2) is 0 Å². The molecule has 3 aromatic rings. The molecule has 0 saturated carbocycles. The molecular weight excluding hydrogens is 354 g/mol. The first-order valence-electron chi connectivity index (χ1n) is 8.74. The van der Waals surface area contributed by atoms with Crippen LogP contribution in [0, 0.1) is 30.9 Å². The number of nitro benzene ring substituents is 1. The standard InChI is InChI=1S/C17H18O.C6H5NO3/c1-12-4-6-15(7-5-12)8-9-16-10-13(2)17(18)14(3)11-16;8-6-3-1-5(2-4-6)7(9)10/h4-11,18H,1-3H3;1-4,8H/b9-8+;. The van der Waals surface area contributed by atoms with Crippen molar-refractivity contribution in [3.63, 3.8) is 0 Å². The fourth-order valence-corrected chi connectivity index (χ4v) is 2.53. The maximum Gasteiger partial charge on any atom is 0.269 e. The molecular formula is C23H23NO4. The molecule has 144 valence electrons. The fraction of sp³-hybridized carbons (Fsp3) is 0.130. The Bertz CT molecular complexity index is 951. The summed E-state index contributed by atoms with van der Waals surface area (Å²) >= 11 is 0. The molecule has 0 amide bonds. The van der Waals surface area contributed by atoms with Gasteiger partial charge in [0.1, 0.15) is 11.5 Å². The summed E-state index contributed by atoms with van der Waals surface area (Å²) in [7, 11) is 0. The minimum atomic E-state index is -0.514. The number of rotatable bonds is 3. The second-order valence-electron chi connectivity index (χ2n) is 6.52. The van der Waals surface area contributed by atoms with Crippen LogP contribution in [0.3, 0.4) is 0 Å². The summed E-state index contributed by atoms with van der Waals surface area (Å²) < 4.78 is 0. The molecule has 0 atom stereocenters. The number of hydrogen-bond acceptors (Lipinski definition) is 4. The summed E-state index contributed by atoms with van der Waals surface area (Å²) in [6, 6.07) is 17.4. The Morgan fingerprint density at radius 2 is 1.29 bits per heavy atom. The van der Waals surface area contributed by atoms with E-state index in [0.29, 0.717) is 5.75 Å². The lowest BCUT2D eigenvalue weighted by atomic mass is 10.0. The fourth-order valence-electron chi connectivity index (χ4n) is 2.53. The van der Waals surface area contributed by atoms with E-state index in [1.807, 2.05) is 26.0 Å². The van der Waals surface area contributed by atoms with Crippen molar-refractivity contribution in [3.05, 3.63) is 98.6 Å². The van der Waals surface area contributed by atoms with Crippen LogP contribution < -0.4 is 0 Å². The molecule has 0 bridgehead atoms. The monoisotopic (exact) mass is 377 g/mol. The van der Waals surface area contributed by atoms with Gasteiger partial charge in [-0.1, -0.05) is 42.0 Å². The summed E-state index contributed by atoms with van der Waals surface area (Å²) in [5.74, 6) is 0.424. The van der Waals surface area contributed by atoms with Crippen molar-refractivity contribution in [1.29, 1.82) is 0 Å². The van der Waals surface area contributed by atoms with E-state index in [4.69, 9.17) is 5.11 Å². The van der Waals surface area contributed by atoms with Crippen LogP contribution in [0.15, 0.2) is 60.7 Å². The number of phenols is 2. The number of nitro groups is 1. The highest BCUT2D eigenvalue weighted by atomic mass is 16.6. The van der Waals surface area contributed by atoms with E-state index in [-0.39, 0.29) is 11.4 Å². The maximum atomic E-state index is 10.0. The van der Waals surface area contributed by atoms with Crippen LogP contribution in [0.1, 0.15) is 27.8 Å². The first kappa shape index (κ1) is 20.7. The van der Waals surface area contributed by atoms with Gasteiger partial charge in [-0.15, -0.1) is 0 Å². The molecule has 0 saturated heterocycles. The third-order valence-electron chi connectivity index (χ3n) is 4.12. The Balaban J connectivity index is 0.000000237. The highest BCUT2D eigenvalue weighted by Gasteiger charge is 2.02. The van der Waals surface area contributed by atoms with Crippen LogP contribution in [0.2, 0.25) is 0 Å². The molecule has 0 aromatic heterocycles. The first-order valence-corrected chi connectivity index (χ1v) is 8.74. The predicted octanol–water partition coefficient (Wildman–Crippen LogP) is 5.79.